The van der Waals surface area contributed by atoms with Gasteiger partial charge in [-0.05, 0) is 26.0 Å². The van der Waals surface area contributed by atoms with E-state index in [4.69, 9.17) is 5.26 Å². The van der Waals surface area contributed by atoms with Crippen LogP contribution in [0.3, 0.4) is 0 Å². The van der Waals surface area contributed by atoms with Crippen LogP contribution in [0.2, 0.25) is 0 Å². The molecule has 0 aliphatic carbocycles. The lowest BCUT2D eigenvalue weighted by Crippen LogP contribution is -2.50. The number of allylic oxidation sites excluding steroid dienone is 5. The number of rotatable bonds is 4. The molecule has 1 aliphatic heterocycles. The highest BCUT2D eigenvalue weighted by Gasteiger charge is 2.57. The first-order valence-corrected chi connectivity index (χ1v) is 8.53. The van der Waals surface area contributed by atoms with Crippen molar-refractivity contribution in [2.24, 2.45) is 5.10 Å². The van der Waals surface area contributed by atoms with Gasteiger partial charge in [-0.25, -0.2) is 4.39 Å². The topological polar surface area (TPSA) is 56.5 Å². The third-order valence-corrected chi connectivity index (χ3v) is 4.39. The van der Waals surface area contributed by atoms with Crippen LogP contribution in [0.5, 0.6) is 0 Å². The van der Waals surface area contributed by atoms with Crippen molar-refractivity contribution in [2.75, 3.05) is 7.05 Å². The average molecular weight is 407 g/mol. The predicted molar refractivity (Wildman–Crippen MR) is 104 cm³/mol. The molecule has 29 heavy (non-hydrogen) atoms. The Kier molecular flexibility index (Phi) is 8.07. The Morgan fingerprint density at radius 1 is 1.38 bits per heavy atom. The Labute approximate surface area is 167 Å². The van der Waals surface area contributed by atoms with Crippen molar-refractivity contribution in [2.45, 2.75) is 32.0 Å². The van der Waals surface area contributed by atoms with E-state index in [-0.39, 0.29) is 12.0 Å². The zero-order valence-corrected chi connectivity index (χ0v) is 16.3. The second kappa shape index (κ2) is 9.82. The van der Waals surface area contributed by atoms with E-state index in [1.807, 2.05) is 6.07 Å². The Balaban J connectivity index is 0.000000359. The summed E-state index contributed by atoms with van der Waals surface area (Å²) in [6, 6.07) is 8.52. The van der Waals surface area contributed by atoms with Crippen LogP contribution in [0, 0.1) is 11.3 Å². The highest BCUT2D eigenvalue weighted by atomic mass is 19.4. The summed E-state index contributed by atoms with van der Waals surface area (Å²) in [5, 5.41) is 13.9. The summed E-state index contributed by atoms with van der Waals surface area (Å²) < 4.78 is 51.7. The van der Waals surface area contributed by atoms with E-state index in [0.29, 0.717) is 23.1 Å². The zero-order chi connectivity index (χ0) is 22.2. The van der Waals surface area contributed by atoms with E-state index in [2.05, 4.69) is 11.7 Å². The minimum absolute atomic E-state index is 0.0255. The Morgan fingerprint density at radius 3 is 2.45 bits per heavy atom. The quantitative estimate of drug-likeness (QED) is 0.302. The molecule has 1 aliphatic rings. The number of hydrazone groups is 1. The lowest BCUT2D eigenvalue weighted by molar-refractivity contribution is -0.216. The summed E-state index contributed by atoms with van der Waals surface area (Å²) in [7, 11) is 1.30. The van der Waals surface area contributed by atoms with Crippen molar-refractivity contribution < 1.29 is 22.4 Å². The summed E-state index contributed by atoms with van der Waals surface area (Å²) in [6.45, 7) is 6.00. The van der Waals surface area contributed by atoms with E-state index in [1.165, 1.54) is 13.1 Å². The smallest absolute Gasteiger partial charge is 0.298 e. The highest BCUT2D eigenvalue weighted by Crippen LogP contribution is 2.42. The van der Waals surface area contributed by atoms with Crippen molar-refractivity contribution in [3.05, 3.63) is 71.6 Å². The predicted octanol–water partition coefficient (Wildman–Crippen LogP) is 5.09. The van der Waals surface area contributed by atoms with E-state index >= 15 is 0 Å². The molecular weight excluding hydrogens is 386 g/mol. The molecule has 154 valence electrons. The highest BCUT2D eigenvalue weighted by molar-refractivity contribution is 6.04. The van der Waals surface area contributed by atoms with E-state index in [1.54, 1.807) is 37.3 Å². The molecule has 8 heteroatoms. The van der Waals surface area contributed by atoms with Crippen LogP contribution in [0.15, 0.2) is 65.6 Å². The van der Waals surface area contributed by atoms with Gasteiger partial charge in [0.05, 0.1) is 17.3 Å². The molecule has 1 aromatic rings. The molecule has 4 nitrogen and oxygen atoms in total. The molecule has 0 fully saturated rings. The van der Waals surface area contributed by atoms with E-state index in [0.717, 1.165) is 18.0 Å². The van der Waals surface area contributed by atoms with Crippen molar-refractivity contribution in [1.29, 1.82) is 5.26 Å². The second-order valence-corrected chi connectivity index (χ2v) is 6.30. The number of nitriles is 1. The number of carbonyl (C=O) groups excluding carboxylic acids is 1. The molecule has 0 amide bonds. The monoisotopic (exact) mass is 407 g/mol. The molecule has 0 N–H and O–H groups in total. The van der Waals surface area contributed by atoms with Crippen molar-refractivity contribution in [3.8, 4) is 6.07 Å². The standard InChI is InChI=1S/C13H12F3N3.C8H9FO/c1-12(13(14,15)16)7-11(18-19(12)2)10-6-4-3-5-9(10)8-17;1-3-5-7(6-10)8(9)4-2/h3-6H,7H2,1-2H3;3-6H,2H2,1H3/b;5-3-,8-7-. The number of halogens is 4. The summed E-state index contributed by atoms with van der Waals surface area (Å²) in [6.07, 6.45) is -0.197. The first-order chi connectivity index (χ1) is 13.5. The van der Waals surface area contributed by atoms with Crippen molar-refractivity contribution in [1.82, 2.24) is 5.01 Å². The van der Waals surface area contributed by atoms with Gasteiger partial charge in [0.1, 0.15) is 5.83 Å². The number of alkyl halides is 3. The van der Waals surface area contributed by atoms with Gasteiger partial charge >= 0.3 is 6.18 Å². The van der Waals surface area contributed by atoms with Crippen molar-refractivity contribution in [3.63, 3.8) is 0 Å². The molecular formula is C21H21F4N3O. The lowest BCUT2D eigenvalue weighted by Gasteiger charge is -2.33. The minimum atomic E-state index is -4.38. The molecule has 0 saturated heterocycles. The fourth-order valence-electron chi connectivity index (χ4n) is 2.50. The fourth-order valence-corrected chi connectivity index (χ4v) is 2.50. The maximum Gasteiger partial charge on any atom is 0.413 e. The van der Waals surface area contributed by atoms with Gasteiger partial charge < -0.3 is 0 Å². The van der Waals surface area contributed by atoms with Gasteiger partial charge in [0.25, 0.3) is 0 Å². The summed E-state index contributed by atoms with van der Waals surface area (Å²) in [5.41, 5.74) is -0.909. The van der Waals surface area contributed by atoms with Gasteiger partial charge in [-0.3, -0.25) is 9.80 Å². The number of nitrogens with zero attached hydrogens (tertiary/aromatic N) is 3. The molecule has 0 aromatic heterocycles. The molecule has 2 rings (SSSR count). The molecule has 0 bridgehead atoms. The Hall–Kier alpha value is -3.21. The molecule has 1 aromatic carbocycles. The molecule has 0 radical (unpaired) electrons. The number of benzene rings is 1. The van der Waals surface area contributed by atoms with Gasteiger partial charge in [0.15, 0.2) is 11.8 Å². The summed E-state index contributed by atoms with van der Waals surface area (Å²) in [5.74, 6) is -0.590. The SMILES string of the molecule is C=C/C(F)=C(C=O)\C=C/C.CN1N=C(c2ccccc2C#N)CC1(C)C(F)(F)F. The first-order valence-electron chi connectivity index (χ1n) is 8.53. The third-order valence-electron chi connectivity index (χ3n) is 4.39. The maximum atomic E-state index is 13.1. The largest absolute Gasteiger partial charge is 0.413 e. The fraction of sp³-hybridized carbons (Fsp3) is 0.286. The zero-order valence-electron chi connectivity index (χ0n) is 16.3. The molecule has 1 unspecified atom stereocenters. The first kappa shape index (κ1) is 23.8. The number of hydrogen-bond acceptors (Lipinski definition) is 4. The number of hydrogen-bond donors (Lipinski definition) is 0. The van der Waals surface area contributed by atoms with Crippen LogP contribution in [-0.4, -0.2) is 35.8 Å². The Morgan fingerprint density at radius 2 is 2.00 bits per heavy atom. The summed E-state index contributed by atoms with van der Waals surface area (Å²) >= 11 is 0. The number of carbonyl (C=O) groups is 1. The summed E-state index contributed by atoms with van der Waals surface area (Å²) in [4.78, 5) is 10.1. The van der Waals surface area contributed by atoms with Gasteiger partial charge in [-0.2, -0.15) is 23.5 Å². The van der Waals surface area contributed by atoms with Gasteiger partial charge in [0, 0.05) is 24.6 Å². The maximum absolute atomic E-state index is 13.1. The normalized spacial score (nSPS) is 19.7. The van der Waals surface area contributed by atoms with Crippen LogP contribution >= 0.6 is 0 Å². The average Bonchev–Trinajstić information content (AvgIpc) is 3.01. The van der Waals surface area contributed by atoms with Crippen LogP contribution in [-0.2, 0) is 4.79 Å². The van der Waals surface area contributed by atoms with Crippen LogP contribution in [0.1, 0.15) is 31.4 Å². The van der Waals surface area contributed by atoms with E-state index < -0.39 is 17.5 Å². The number of aldehydes is 1. The Bertz CT molecular complexity index is 894. The molecule has 0 saturated carbocycles. The third kappa shape index (κ3) is 5.41. The molecule has 1 atom stereocenters. The minimum Gasteiger partial charge on any atom is -0.298 e. The van der Waals surface area contributed by atoms with Crippen molar-refractivity contribution >= 4 is 12.0 Å². The second-order valence-electron chi connectivity index (χ2n) is 6.30. The lowest BCUT2D eigenvalue weighted by atomic mass is 9.91. The van der Waals surface area contributed by atoms with Crippen LogP contribution < -0.4 is 0 Å². The molecule has 1 heterocycles. The van der Waals surface area contributed by atoms with Gasteiger partial charge in [-0.1, -0.05) is 36.9 Å². The molecule has 0 spiro atoms. The van der Waals surface area contributed by atoms with Gasteiger partial charge in [0.2, 0.25) is 0 Å². The van der Waals surface area contributed by atoms with E-state index in [9.17, 15) is 22.4 Å². The van der Waals surface area contributed by atoms with Crippen LogP contribution in [0.25, 0.3) is 0 Å². The van der Waals surface area contributed by atoms with Crippen LogP contribution in [0.4, 0.5) is 17.6 Å². The van der Waals surface area contributed by atoms with Gasteiger partial charge in [-0.15, -0.1) is 0 Å².